The van der Waals surface area contributed by atoms with E-state index in [1.165, 1.54) is 17.8 Å². The number of carbonyl (C=O) groups is 2. The third kappa shape index (κ3) is 3.63. The van der Waals surface area contributed by atoms with Crippen LogP contribution >= 0.6 is 0 Å². The van der Waals surface area contributed by atoms with E-state index in [1.54, 1.807) is 11.1 Å². The van der Waals surface area contributed by atoms with E-state index in [0.29, 0.717) is 19.6 Å². The van der Waals surface area contributed by atoms with Crippen molar-refractivity contribution < 1.29 is 9.59 Å². The molecule has 0 spiro atoms. The number of aryl methyl sites for hydroxylation is 1. The van der Waals surface area contributed by atoms with Crippen molar-refractivity contribution in [2.75, 3.05) is 13.1 Å². The molecule has 1 aromatic carbocycles. The van der Waals surface area contributed by atoms with Gasteiger partial charge in [0.2, 0.25) is 11.8 Å². The number of nitrogens with zero attached hydrogens (tertiary/aromatic N) is 3. The smallest absolute Gasteiger partial charge is 0.230 e. The molecule has 1 N–H and O–H groups in total. The molecule has 1 aliphatic rings. The number of para-hydroxylation sites is 1. The maximum Gasteiger partial charge on any atom is 0.230 e. The highest BCUT2D eigenvalue weighted by Gasteiger charge is 2.32. The second-order valence-corrected chi connectivity index (χ2v) is 7.21. The fourth-order valence-corrected chi connectivity index (χ4v) is 3.84. The van der Waals surface area contributed by atoms with Gasteiger partial charge < -0.3 is 14.8 Å². The van der Waals surface area contributed by atoms with E-state index >= 15 is 0 Å². The summed E-state index contributed by atoms with van der Waals surface area (Å²) >= 11 is 0. The monoisotopic (exact) mass is 376 g/mol. The van der Waals surface area contributed by atoms with Gasteiger partial charge in [0.25, 0.3) is 0 Å². The van der Waals surface area contributed by atoms with Crippen molar-refractivity contribution >= 4 is 22.7 Å². The van der Waals surface area contributed by atoms with Crippen LogP contribution in [0.2, 0.25) is 0 Å². The first-order chi connectivity index (χ1) is 13.6. The zero-order chi connectivity index (χ0) is 19.5. The number of benzene rings is 1. The van der Waals surface area contributed by atoms with Crippen molar-refractivity contribution in [1.29, 1.82) is 0 Å². The average Bonchev–Trinajstić information content (AvgIpc) is 3.13. The summed E-state index contributed by atoms with van der Waals surface area (Å²) in [4.78, 5) is 30.8. The van der Waals surface area contributed by atoms with Gasteiger partial charge in [0.05, 0.1) is 11.6 Å². The van der Waals surface area contributed by atoms with Gasteiger partial charge in [-0.05, 0) is 35.6 Å². The summed E-state index contributed by atoms with van der Waals surface area (Å²) in [5.74, 6) is -0.503. The summed E-state index contributed by atoms with van der Waals surface area (Å²) < 4.78 is 2.20. The minimum atomic E-state index is -0.416. The van der Waals surface area contributed by atoms with E-state index in [-0.39, 0.29) is 11.8 Å². The molecule has 1 atom stereocenters. The molecule has 3 heterocycles. The molecular formula is C22H24N4O2. The summed E-state index contributed by atoms with van der Waals surface area (Å²) in [6.07, 6.45) is 4.63. The molecule has 28 heavy (non-hydrogen) atoms. The normalized spacial score (nSPS) is 16.0. The molecule has 0 saturated heterocycles. The number of fused-ring (bicyclic) bond motifs is 2. The highest BCUT2D eigenvalue weighted by atomic mass is 16.2. The second kappa shape index (κ2) is 7.84. The number of nitrogens with one attached hydrogen (secondary N) is 1. The third-order valence-electron chi connectivity index (χ3n) is 5.34. The van der Waals surface area contributed by atoms with Gasteiger partial charge in [0.15, 0.2) is 0 Å². The Kier molecular flexibility index (Phi) is 5.10. The van der Waals surface area contributed by atoms with Gasteiger partial charge in [-0.25, -0.2) is 0 Å². The van der Waals surface area contributed by atoms with Gasteiger partial charge in [-0.1, -0.05) is 24.3 Å². The Labute approximate surface area is 164 Å². The number of amides is 2. The molecule has 0 radical (unpaired) electrons. The zero-order valence-corrected chi connectivity index (χ0v) is 16.0. The predicted octanol–water partition coefficient (Wildman–Crippen LogP) is 2.69. The number of rotatable bonds is 5. The van der Waals surface area contributed by atoms with Crippen LogP contribution in [0, 0.1) is 0 Å². The van der Waals surface area contributed by atoms with Crippen molar-refractivity contribution in [2.24, 2.45) is 0 Å². The molecule has 0 aliphatic carbocycles. The number of carbonyl (C=O) groups excluding carboxylic acids is 2. The SMILES string of the molecule is CC(=O)N1Cc2cccnc2C(C(=O)NCCCn2ccc3ccccc32)C1. The fraction of sp³-hybridized carbons (Fsp3) is 0.318. The van der Waals surface area contributed by atoms with Gasteiger partial charge in [-0.3, -0.25) is 14.6 Å². The molecule has 4 rings (SSSR count). The van der Waals surface area contributed by atoms with Crippen molar-refractivity contribution in [3.8, 4) is 0 Å². The second-order valence-electron chi connectivity index (χ2n) is 7.21. The van der Waals surface area contributed by atoms with E-state index in [9.17, 15) is 9.59 Å². The first-order valence-electron chi connectivity index (χ1n) is 9.64. The van der Waals surface area contributed by atoms with Gasteiger partial charge >= 0.3 is 0 Å². The Morgan fingerprint density at radius 2 is 2.04 bits per heavy atom. The Morgan fingerprint density at radius 1 is 1.18 bits per heavy atom. The first-order valence-corrected chi connectivity index (χ1v) is 9.64. The van der Waals surface area contributed by atoms with Crippen molar-refractivity contribution in [3.63, 3.8) is 0 Å². The molecule has 2 aromatic heterocycles. The van der Waals surface area contributed by atoms with E-state index in [2.05, 4.69) is 39.3 Å². The lowest BCUT2D eigenvalue weighted by molar-refractivity contribution is -0.131. The van der Waals surface area contributed by atoms with Gasteiger partial charge in [-0.15, -0.1) is 0 Å². The molecule has 144 valence electrons. The van der Waals surface area contributed by atoms with E-state index in [4.69, 9.17) is 0 Å². The Morgan fingerprint density at radius 3 is 2.89 bits per heavy atom. The largest absolute Gasteiger partial charge is 0.355 e. The van der Waals surface area contributed by atoms with Crippen molar-refractivity contribution in [1.82, 2.24) is 19.8 Å². The Hall–Kier alpha value is -3.15. The van der Waals surface area contributed by atoms with E-state index < -0.39 is 5.92 Å². The molecule has 0 fully saturated rings. The number of hydrogen-bond donors (Lipinski definition) is 1. The molecule has 2 amide bonds. The molecule has 6 heteroatoms. The fourth-order valence-electron chi connectivity index (χ4n) is 3.84. The van der Waals surface area contributed by atoms with Gasteiger partial charge in [0.1, 0.15) is 0 Å². The summed E-state index contributed by atoms with van der Waals surface area (Å²) in [6, 6.07) is 14.2. The summed E-state index contributed by atoms with van der Waals surface area (Å²) in [5, 5.41) is 4.26. The minimum absolute atomic E-state index is 0.0215. The van der Waals surface area contributed by atoms with Crippen LogP contribution in [0.25, 0.3) is 10.9 Å². The molecule has 1 unspecified atom stereocenters. The molecule has 6 nitrogen and oxygen atoms in total. The standard InChI is InChI=1S/C22H24N4O2/c1-16(27)26-14-18-7-4-10-23-21(18)19(15-26)22(28)24-11-5-12-25-13-9-17-6-2-3-8-20(17)25/h2-4,6-10,13,19H,5,11-12,14-15H2,1H3,(H,24,28). The lowest BCUT2D eigenvalue weighted by Gasteiger charge is -2.32. The topological polar surface area (TPSA) is 67.2 Å². The molecule has 0 bridgehead atoms. The summed E-state index contributed by atoms with van der Waals surface area (Å²) in [5.41, 5.74) is 2.94. The van der Waals surface area contributed by atoms with Crippen molar-refractivity contribution in [2.45, 2.75) is 32.4 Å². The minimum Gasteiger partial charge on any atom is -0.355 e. The van der Waals surface area contributed by atoms with E-state index in [1.807, 2.05) is 24.3 Å². The molecule has 1 aliphatic heterocycles. The number of pyridine rings is 1. The maximum atomic E-state index is 12.8. The zero-order valence-electron chi connectivity index (χ0n) is 16.0. The predicted molar refractivity (Wildman–Crippen MR) is 108 cm³/mol. The van der Waals surface area contributed by atoms with Crippen LogP contribution in [0.5, 0.6) is 0 Å². The molecular weight excluding hydrogens is 352 g/mol. The quantitative estimate of drug-likeness (QED) is 0.696. The van der Waals surface area contributed by atoms with Crippen LogP contribution in [0.15, 0.2) is 54.9 Å². The highest BCUT2D eigenvalue weighted by Crippen LogP contribution is 2.26. The lowest BCUT2D eigenvalue weighted by atomic mass is 9.94. The third-order valence-corrected chi connectivity index (χ3v) is 5.34. The first kappa shape index (κ1) is 18.2. The van der Waals surface area contributed by atoms with Crippen LogP contribution < -0.4 is 5.32 Å². The van der Waals surface area contributed by atoms with Crippen LogP contribution in [0.3, 0.4) is 0 Å². The molecule has 0 saturated carbocycles. The number of hydrogen-bond acceptors (Lipinski definition) is 3. The van der Waals surface area contributed by atoms with Gasteiger partial charge in [0, 0.05) is 51.0 Å². The Balaban J connectivity index is 1.37. The Bertz CT molecular complexity index is 1010. The lowest BCUT2D eigenvalue weighted by Crippen LogP contribution is -2.43. The van der Waals surface area contributed by atoms with E-state index in [0.717, 1.165) is 24.2 Å². The van der Waals surface area contributed by atoms with Crippen LogP contribution in [-0.4, -0.2) is 39.4 Å². The van der Waals surface area contributed by atoms with Gasteiger partial charge in [-0.2, -0.15) is 0 Å². The summed E-state index contributed by atoms with van der Waals surface area (Å²) in [6.45, 7) is 3.87. The van der Waals surface area contributed by atoms with Crippen molar-refractivity contribution in [3.05, 3.63) is 66.1 Å². The maximum absolute atomic E-state index is 12.8. The highest BCUT2D eigenvalue weighted by molar-refractivity contribution is 5.85. The average molecular weight is 376 g/mol. The molecule has 3 aromatic rings. The van der Waals surface area contributed by atoms with Crippen LogP contribution in [-0.2, 0) is 22.7 Å². The van der Waals surface area contributed by atoms with Crippen LogP contribution in [0.4, 0.5) is 0 Å². The summed E-state index contributed by atoms with van der Waals surface area (Å²) in [7, 11) is 0. The van der Waals surface area contributed by atoms with Crippen LogP contribution in [0.1, 0.15) is 30.5 Å². The number of aromatic nitrogens is 2.